The Bertz CT molecular complexity index is 559. The first-order chi connectivity index (χ1) is 9.11. The Hall–Kier alpha value is -1.00. The fourth-order valence-electron chi connectivity index (χ4n) is 1.44. The second kappa shape index (κ2) is 8.23. The van der Waals surface area contributed by atoms with Crippen molar-refractivity contribution in [2.24, 2.45) is 0 Å². The van der Waals surface area contributed by atoms with Crippen LogP contribution >= 0.6 is 11.8 Å². The van der Waals surface area contributed by atoms with Gasteiger partial charge in [0.2, 0.25) is 10.0 Å². The smallest absolute Gasteiger partial charge is 0.241 e. The lowest BCUT2D eigenvalue weighted by atomic mass is 10.2. The van der Waals surface area contributed by atoms with Crippen LogP contribution in [-0.4, -0.2) is 38.7 Å². The molecule has 0 heterocycles. The van der Waals surface area contributed by atoms with Crippen molar-refractivity contribution in [2.75, 3.05) is 25.2 Å². The normalized spacial score (nSPS) is 10.8. The molecule has 1 aromatic carbocycles. The highest BCUT2D eigenvalue weighted by molar-refractivity contribution is 7.98. The second-order valence-electron chi connectivity index (χ2n) is 3.70. The maximum absolute atomic E-state index is 12.1. The predicted octanol–water partition coefficient (Wildman–Crippen LogP) is 1.06. The van der Waals surface area contributed by atoms with E-state index < -0.39 is 10.0 Å². The summed E-state index contributed by atoms with van der Waals surface area (Å²) in [6, 6.07) is 6.51. The summed E-state index contributed by atoms with van der Waals surface area (Å²) in [5.41, 5.74) is 0.397. The number of sulfonamides is 1. The third-order valence-corrected chi connectivity index (χ3v) is 4.51. The molecule has 104 valence electrons. The minimum absolute atomic E-state index is 0.153. The van der Waals surface area contributed by atoms with Crippen molar-refractivity contribution in [1.29, 1.82) is 0 Å². The molecule has 0 bridgehead atoms. The third-order valence-electron chi connectivity index (χ3n) is 2.30. The minimum Gasteiger partial charge on any atom is -0.384 e. The summed E-state index contributed by atoms with van der Waals surface area (Å²) in [7, 11) is -3.55. The Labute approximate surface area is 118 Å². The number of aliphatic hydroxyl groups excluding tert-OH is 1. The molecular weight excluding hydrogens is 282 g/mol. The van der Waals surface area contributed by atoms with E-state index in [0.717, 1.165) is 12.2 Å². The molecule has 0 saturated carbocycles. The number of aliphatic hydroxyl groups is 1. The van der Waals surface area contributed by atoms with E-state index in [4.69, 9.17) is 5.11 Å². The average molecular weight is 299 g/mol. The number of rotatable bonds is 6. The van der Waals surface area contributed by atoms with Gasteiger partial charge < -0.3 is 5.11 Å². The molecule has 0 radical (unpaired) electrons. The average Bonchev–Trinajstić information content (AvgIpc) is 2.41. The van der Waals surface area contributed by atoms with Gasteiger partial charge in [-0.25, -0.2) is 13.1 Å². The molecule has 1 aromatic rings. The summed E-state index contributed by atoms with van der Waals surface area (Å²) in [6.45, 7) is 0.112. The van der Waals surface area contributed by atoms with Crippen LogP contribution in [0.1, 0.15) is 12.0 Å². The lowest BCUT2D eigenvalue weighted by molar-refractivity contribution is 0.350. The van der Waals surface area contributed by atoms with Gasteiger partial charge in [0.15, 0.2) is 0 Å². The predicted molar refractivity (Wildman–Crippen MR) is 78.6 cm³/mol. The monoisotopic (exact) mass is 299 g/mol. The third kappa shape index (κ3) is 5.25. The second-order valence-corrected chi connectivity index (χ2v) is 6.42. The Balaban J connectivity index is 2.88. The highest BCUT2D eigenvalue weighted by atomic mass is 32.2. The molecule has 6 heteroatoms. The SMILES string of the molecule is CSCCCNS(=O)(=O)c1ccccc1C#CCO. The van der Waals surface area contributed by atoms with E-state index >= 15 is 0 Å². The summed E-state index contributed by atoms with van der Waals surface area (Å²) in [4.78, 5) is 0.153. The van der Waals surface area contributed by atoms with Gasteiger partial charge in [-0.15, -0.1) is 0 Å². The van der Waals surface area contributed by atoms with E-state index in [1.54, 1.807) is 30.0 Å². The van der Waals surface area contributed by atoms with E-state index in [0.29, 0.717) is 12.1 Å². The molecule has 0 fully saturated rings. The van der Waals surface area contributed by atoms with Crippen LogP contribution in [0.25, 0.3) is 0 Å². The van der Waals surface area contributed by atoms with Crippen molar-refractivity contribution in [3.8, 4) is 11.8 Å². The fourth-order valence-corrected chi connectivity index (χ4v) is 3.11. The van der Waals surface area contributed by atoms with Crippen LogP contribution in [-0.2, 0) is 10.0 Å². The number of benzene rings is 1. The molecule has 1 rings (SSSR count). The molecule has 0 spiro atoms. The fraction of sp³-hybridized carbons (Fsp3) is 0.385. The van der Waals surface area contributed by atoms with Crippen molar-refractivity contribution in [2.45, 2.75) is 11.3 Å². The Morgan fingerprint density at radius 2 is 2.11 bits per heavy atom. The van der Waals surface area contributed by atoms with Gasteiger partial charge in [0, 0.05) is 12.1 Å². The van der Waals surface area contributed by atoms with Crippen LogP contribution < -0.4 is 4.72 Å². The minimum atomic E-state index is -3.55. The van der Waals surface area contributed by atoms with Gasteiger partial charge in [0.05, 0.1) is 4.90 Å². The zero-order valence-electron chi connectivity index (χ0n) is 10.7. The highest BCUT2D eigenvalue weighted by Gasteiger charge is 2.16. The van der Waals surface area contributed by atoms with Crippen molar-refractivity contribution in [1.82, 2.24) is 4.72 Å². The van der Waals surface area contributed by atoms with E-state index in [1.165, 1.54) is 6.07 Å². The number of thioether (sulfide) groups is 1. The molecule has 0 amide bonds. The summed E-state index contributed by atoms with van der Waals surface area (Å²) in [6.07, 6.45) is 2.76. The molecule has 0 aliphatic carbocycles. The molecular formula is C13H17NO3S2. The molecule has 0 unspecified atom stereocenters. The summed E-state index contributed by atoms with van der Waals surface area (Å²) in [5.74, 6) is 6.02. The van der Waals surface area contributed by atoms with E-state index in [1.807, 2.05) is 6.26 Å². The lowest BCUT2D eigenvalue weighted by Crippen LogP contribution is -2.25. The van der Waals surface area contributed by atoms with Crippen LogP contribution in [0.4, 0.5) is 0 Å². The number of nitrogens with one attached hydrogen (secondary N) is 1. The summed E-state index contributed by atoms with van der Waals surface area (Å²) < 4.78 is 26.8. The van der Waals surface area contributed by atoms with E-state index in [-0.39, 0.29) is 11.5 Å². The number of hydrogen-bond acceptors (Lipinski definition) is 4. The first-order valence-electron chi connectivity index (χ1n) is 5.79. The van der Waals surface area contributed by atoms with E-state index in [2.05, 4.69) is 16.6 Å². The maximum Gasteiger partial charge on any atom is 0.241 e. The molecule has 0 atom stereocenters. The molecule has 19 heavy (non-hydrogen) atoms. The maximum atomic E-state index is 12.1. The van der Waals surface area contributed by atoms with Gasteiger partial charge in [-0.05, 0) is 30.6 Å². The topological polar surface area (TPSA) is 66.4 Å². The van der Waals surface area contributed by atoms with Gasteiger partial charge in [-0.3, -0.25) is 0 Å². The molecule has 0 aliphatic heterocycles. The zero-order valence-corrected chi connectivity index (χ0v) is 12.4. The van der Waals surface area contributed by atoms with Crippen molar-refractivity contribution < 1.29 is 13.5 Å². The van der Waals surface area contributed by atoms with Crippen molar-refractivity contribution in [3.05, 3.63) is 29.8 Å². The van der Waals surface area contributed by atoms with Crippen LogP contribution in [0.5, 0.6) is 0 Å². The Morgan fingerprint density at radius 3 is 2.79 bits per heavy atom. The molecule has 0 saturated heterocycles. The van der Waals surface area contributed by atoms with E-state index in [9.17, 15) is 8.42 Å². The highest BCUT2D eigenvalue weighted by Crippen LogP contribution is 2.14. The zero-order chi connectivity index (χ0) is 14.1. The Kier molecular flexibility index (Phi) is 6.95. The lowest BCUT2D eigenvalue weighted by Gasteiger charge is -2.08. The van der Waals surface area contributed by atoms with Crippen LogP contribution in [0.15, 0.2) is 29.2 Å². The number of hydrogen-bond donors (Lipinski definition) is 2. The van der Waals surface area contributed by atoms with Crippen LogP contribution in [0.3, 0.4) is 0 Å². The largest absolute Gasteiger partial charge is 0.384 e. The molecule has 2 N–H and O–H groups in total. The Morgan fingerprint density at radius 1 is 1.37 bits per heavy atom. The van der Waals surface area contributed by atoms with Crippen LogP contribution in [0, 0.1) is 11.8 Å². The molecule has 4 nitrogen and oxygen atoms in total. The van der Waals surface area contributed by atoms with Gasteiger partial charge >= 0.3 is 0 Å². The van der Waals surface area contributed by atoms with Gasteiger partial charge in [0.25, 0.3) is 0 Å². The summed E-state index contributed by atoms with van der Waals surface area (Å²) in [5, 5.41) is 8.68. The standard InChI is InChI=1S/C13H17NO3S2/c1-18-11-5-9-14-19(16,17)13-8-3-2-6-12(13)7-4-10-15/h2-3,6,8,14-15H,5,9-11H2,1H3. The molecule has 0 aliphatic rings. The van der Waals surface area contributed by atoms with Crippen molar-refractivity contribution in [3.63, 3.8) is 0 Å². The van der Waals surface area contributed by atoms with Gasteiger partial charge in [-0.2, -0.15) is 11.8 Å². The summed E-state index contributed by atoms with van der Waals surface area (Å²) >= 11 is 1.68. The van der Waals surface area contributed by atoms with Crippen molar-refractivity contribution >= 4 is 21.8 Å². The van der Waals surface area contributed by atoms with Crippen LogP contribution in [0.2, 0.25) is 0 Å². The van der Waals surface area contributed by atoms with Gasteiger partial charge in [-0.1, -0.05) is 24.0 Å². The van der Waals surface area contributed by atoms with Gasteiger partial charge in [0.1, 0.15) is 6.61 Å². The molecule has 0 aromatic heterocycles. The first kappa shape index (κ1) is 16.1. The quantitative estimate of drug-likeness (QED) is 0.609. The first-order valence-corrected chi connectivity index (χ1v) is 8.67.